The van der Waals surface area contributed by atoms with Gasteiger partial charge in [0.2, 0.25) is 0 Å². The second kappa shape index (κ2) is 1.94. The van der Waals surface area contributed by atoms with Gasteiger partial charge >= 0.3 is 0 Å². The van der Waals surface area contributed by atoms with Crippen LogP contribution in [0, 0.1) is 10.3 Å². The Balaban J connectivity index is 1.89. The van der Waals surface area contributed by atoms with E-state index in [1.54, 1.807) is 5.01 Å². The van der Waals surface area contributed by atoms with Crippen LogP contribution in [0.2, 0.25) is 0 Å². The largest absolute Gasteiger partial charge is 0.261 e. The molecule has 3 nitrogen and oxygen atoms in total. The van der Waals surface area contributed by atoms with Crippen LogP contribution in [0.25, 0.3) is 0 Å². The molecule has 1 saturated heterocycles. The lowest BCUT2D eigenvalue weighted by molar-refractivity contribution is 0.176. The van der Waals surface area contributed by atoms with Crippen molar-refractivity contribution in [2.75, 3.05) is 13.1 Å². The van der Waals surface area contributed by atoms with Gasteiger partial charge in [-0.3, -0.25) is 5.01 Å². The fourth-order valence-corrected chi connectivity index (χ4v) is 1.73. The van der Waals surface area contributed by atoms with Crippen LogP contribution in [-0.2, 0) is 0 Å². The molecule has 0 aromatic rings. The maximum atomic E-state index is 10.1. The molecule has 0 aromatic heterocycles. The van der Waals surface area contributed by atoms with Crippen LogP contribution in [0.15, 0.2) is 5.29 Å². The second-order valence-corrected chi connectivity index (χ2v) is 3.54. The highest BCUT2D eigenvalue weighted by Crippen LogP contribution is 2.53. The van der Waals surface area contributed by atoms with Crippen molar-refractivity contribution in [3.8, 4) is 0 Å². The van der Waals surface area contributed by atoms with Crippen LogP contribution in [0.1, 0.15) is 25.7 Å². The first-order valence-electron chi connectivity index (χ1n) is 3.93. The van der Waals surface area contributed by atoms with E-state index < -0.39 is 0 Å². The summed E-state index contributed by atoms with van der Waals surface area (Å²) in [4.78, 5) is 10.1. The highest BCUT2D eigenvalue weighted by molar-refractivity contribution is 4.96. The Morgan fingerprint density at radius 2 is 1.70 bits per heavy atom. The number of piperidine rings is 1. The Bertz CT molecular complexity index is 144. The molecular weight excluding hydrogens is 128 g/mol. The minimum atomic E-state index is 0.668. The highest BCUT2D eigenvalue weighted by atomic mass is 16.3. The van der Waals surface area contributed by atoms with E-state index in [2.05, 4.69) is 5.29 Å². The zero-order chi connectivity index (χ0) is 7.03. The molecule has 3 heteroatoms. The maximum Gasteiger partial charge on any atom is 0.0523 e. The standard InChI is InChI=1S/C7H12N2O/c10-8-9-5-3-7(1-2-7)4-6-9/h1-6H2. The van der Waals surface area contributed by atoms with Gasteiger partial charge in [0.1, 0.15) is 0 Å². The van der Waals surface area contributed by atoms with Gasteiger partial charge in [-0.15, -0.1) is 4.91 Å². The first-order chi connectivity index (χ1) is 4.85. The molecule has 10 heavy (non-hydrogen) atoms. The number of hydrogen-bond acceptors (Lipinski definition) is 2. The number of nitrogens with zero attached hydrogens (tertiary/aromatic N) is 2. The number of nitroso groups, excluding NO2 is 1. The summed E-state index contributed by atoms with van der Waals surface area (Å²) >= 11 is 0. The van der Waals surface area contributed by atoms with Gasteiger partial charge in [0.05, 0.1) is 5.29 Å². The molecule has 2 aliphatic rings. The highest BCUT2D eigenvalue weighted by Gasteiger charge is 2.44. The summed E-state index contributed by atoms with van der Waals surface area (Å²) in [6, 6.07) is 0. The van der Waals surface area contributed by atoms with E-state index in [1.165, 1.54) is 25.7 Å². The molecule has 1 heterocycles. The van der Waals surface area contributed by atoms with Crippen LogP contribution in [0.3, 0.4) is 0 Å². The molecular formula is C7H12N2O. The van der Waals surface area contributed by atoms with Crippen molar-refractivity contribution in [2.24, 2.45) is 10.7 Å². The predicted octanol–water partition coefficient (Wildman–Crippen LogP) is 1.54. The van der Waals surface area contributed by atoms with Gasteiger partial charge in [-0.05, 0) is 31.1 Å². The van der Waals surface area contributed by atoms with E-state index >= 15 is 0 Å². The second-order valence-electron chi connectivity index (χ2n) is 3.54. The Morgan fingerprint density at radius 1 is 1.10 bits per heavy atom. The van der Waals surface area contributed by atoms with Gasteiger partial charge in [-0.1, -0.05) is 0 Å². The molecule has 0 amide bonds. The summed E-state index contributed by atoms with van der Waals surface area (Å²) in [5.41, 5.74) is 0.668. The van der Waals surface area contributed by atoms with Crippen LogP contribution in [-0.4, -0.2) is 18.1 Å². The first kappa shape index (κ1) is 6.13. The van der Waals surface area contributed by atoms with Crippen LogP contribution < -0.4 is 0 Å². The normalized spacial score (nSPS) is 28.6. The summed E-state index contributed by atoms with van der Waals surface area (Å²) in [6.45, 7) is 1.78. The van der Waals surface area contributed by atoms with Gasteiger partial charge in [-0.2, -0.15) is 0 Å². The summed E-state index contributed by atoms with van der Waals surface area (Å²) < 4.78 is 0. The first-order valence-corrected chi connectivity index (χ1v) is 3.93. The average Bonchev–Trinajstić information content (AvgIpc) is 2.72. The van der Waals surface area contributed by atoms with Crippen molar-refractivity contribution in [3.63, 3.8) is 0 Å². The van der Waals surface area contributed by atoms with Crippen LogP contribution in [0.5, 0.6) is 0 Å². The summed E-state index contributed by atoms with van der Waals surface area (Å²) in [5, 5.41) is 4.57. The molecule has 2 rings (SSSR count). The maximum absolute atomic E-state index is 10.1. The minimum Gasteiger partial charge on any atom is -0.261 e. The van der Waals surface area contributed by atoms with Crippen molar-refractivity contribution in [1.29, 1.82) is 0 Å². The van der Waals surface area contributed by atoms with E-state index in [1.807, 2.05) is 0 Å². The lowest BCUT2D eigenvalue weighted by Gasteiger charge is -2.27. The lowest BCUT2D eigenvalue weighted by atomic mass is 9.95. The van der Waals surface area contributed by atoms with E-state index in [0.717, 1.165) is 13.1 Å². The number of hydrogen-bond donors (Lipinski definition) is 0. The molecule has 0 bridgehead atoms. The Kier molecular flexibility index (Phi) is 1.19. The molecule has 0 radical (unpaired) electrons. The van der Waals surface area contributed by atoms with Crippen molar-refractivity contribution >= 4 is 0 Å². The predicted molar refractivity (Wildman–Crippen MR) is 38.3 cm³/mol. The zero-order valence-electron chi connectivity index (χ0n) is 6.05. The smallest absolute Gasteiger partial charge is 0.0523 e. The molecule has 0 unspecified atom stereocenters. The fourth-order valence-electron chi connectivity index (χ4n) is 1.73. The van der Waals surface area contributed by atoms with Gasteiger partial charge < -0.3 is 0 Å². The van der Waals surface area contributed by atoms with E-state index in [0.29, 0.717) is 5.41 Å². The Morgan fingerprint density at radius 3 is 2.10 bits per heavy atom. The third-order valence-electron chi connectivity index (χ3n) is 2.87. The average molecular weight is 140 g/mol. The third-order valence-corrected chi connectivity index (χ3v) is 2.87. The topological polar surface area (TPSA) is 32.7 Å². The zero-order valence-corrected chi connectivity index (χ0v) is 6.05. The molecule has 1 spiro atoms. The Labute approximate surface area is 60.3 Å². The summed E-state index contributed by atoms with van der Waals surface area (Å²) in [7, 11) is 0. The number of rotatable bonds is 1. The molecule has 1 aliphatic heterocycles. The van der Waals surface area contributed by atoms with Crippen molar-refractivity contribution in [1.82, 2.24) is 5.01 Å². The summed E-state index contributed by atoms with van der Waals surface area (Å²) in [6.07, 6.45) is 5.16. The molecule has 56 valence electrons. The Hall–Kier alpha value is -0.600. The van der Waals surface area contributed by atoms with Gasteiger partial charge in [0.15, 0.2) is 0 Å². The van der Waals surface area contributed by atoms with Crippen molar-refractivity contribution in [3.05, 3.63) is 4.91 Å². The summed E-state index contributed by atoms with van der Waals surface area (Å²) in [5.74, 6) is 0. The van der Waals surface area contributed by atoms with Crippen molar-refractivity contribution < 1.29 is 0 Å². The van der Waals surface area contributed by atoms with Gasteiger partial charge in [0, 0.05) is 13.1 Å². The van der Waals surface area contributed by atoms with Gasteiger partial charge in [0.25, 0.3) is 0 Å². The molecule has 0 N–H and O–H groups in total. The van der Waals surface area contributed by atoms with Crippen molar-refractivity contribution in [2.45, 2.75) is 25.7 Å². The fraction of sp³-hybridized carbons (Fsp3) is 1.00. The van der Waals surface area contributed by atoms with E-state index in [-0.39, 0.29) is 0 Å². The monoisotopic (exact) mass is 140 g/mol. The molecule has 2 fully saturated rings. The molecule has 1 saturated carbocycles. The third kappa shape index (κ3) is 0.895. The lowest BCUT2D eigenvalue weighted by Crippen LogP contribution is -2.29. The minimum absolute atomic E-state index is 0.668. The van der Waals surface area contributed by atoms with E-state index in [9.17, 15) is 4.91 Å². The molecule has 0 atom stereocenters. The van der Waals surface area contributed by atoms with Crippen LogP contribution >= 0.6 is 0 Å². The molecule has 0 aromatic carbocycles. The van der Waals surface area contributed by atoms with Crippen LogP contribution in [0.4, 0.5) is 0 Å². The van der Waals surface area contributed by atoms with E-state index in [4.69, 9.17) is 0 Å². The molecule has 1 aliphatic carbocycles. The quantitative estimate of drug-likeness (QED) is 0.517. The SMILES string of the molecule is O=NN1CCC2(CC1)CC2. The van der Waals surface area contributed by atoms with Gasteiger partial charge in [-0.25, -0.2) is 0 Å².